The monoisotopic (exact) mass is 336 g/mol. The molecular weight excluding hydrogens is 319 g/mol. The van der Waals surface area contributed by atoms with E-state index in [1.54, 1.807) is 19.1 Å². The van der Waals surface area contributed by atoms with E-state index in [2.05, 4.69) is 4.98 Å². The van der Waals surface area contributed by atoms with Gasteiger partial charge < -0.3 is 10.0 Å². The molecule has 0 spiro atoms. The number of halogens is 1. The third-order valence-corrected chi connectivity index (χ3v) is 4.71. The highest BCUT2D eigenvalue weighted by Crippen LogP contribution is 2.23. The average molecular weight is 336 g/mol. The van der Waals surface area contributed by atoms with Gasteiger partial charge in [-0.05, 0) is 31.5 Å². The fourth-order valence-corrected chi connectivity index (χ4v) is 3.09. The fourth-order valence-electron chi connectivity index (χ4n) is 2.00. The zero-order valence-electron chi connectivity index (χ0n) is 13.0. The molecule has 0 saturated carbocycles. The highest BCUT2D eigenvalue weighted by molar-refractivity contribution is 7.13. The minimum absolute atomic E-state index is 0.302. The molecule has 7 heteroatoms. The summed E-state index contributed by atoms with van der Waals surface area (Å²) < 4.78 is 12.9. The number of hydrogen-bond donors (Lipinski definition) is 1. The third-order valence-electron chi connectivity index (χ3n) is 3.56. The van der Waals surface area contributed by atoms with Gasteiger partial charge in [0.2, 0.25) is 0 Å². The maximum absolute atomic E-state index is 12.9. The van der Waals surface area contributed by atoms with E-state index in [4.69, 9.17) is 5.11 Å². The SMILES string of the molecule is Cc1nc(Cc2ccc(F)cc2)sc1C(=O)N(C)C(C)C(=O)O. The number of carbonyl (C=O) groups excluding carboxylic acids is 1. The minimum atomic E-state index is -1.06. The fraction of sp³-hybridized carbons (Fsp3) is 0.312. The van der Waals surface area contributed by atoms with E-state index in [1.807, 2.05) is 0 Å². The Kier molecular flexibility index (Phi) is 5.10. The van der Waals surface area contributed by atoms with E-state index in [1.165, 1.54) is 42.3 Å². The molecule has 0 aliphatic heterocycles. The molecule has 1 aromatic heterocycles. The molecule has 0 aliphatic carbocycles. The standard InChI is InChI=1S/C16H17FN2O3S/c1-9-14(15(20)19(3)10(2)16(21)22)23-13(18-9)8-11-4-6-12(17)7-5-11/h4-7,10H,8H2,1-3H3,(H,21,22). The first-order valence-electron chi connectivity index (χ1n) is 7.00. The third kappa shape index (κ3) is 3.92. The maximum Gasteiger partial charge on any atom is 0.326 e. The lowest BCUT2D eigenvalue weighted by atomic mass is 10.1. The van der Waals surface area contributed by atoms with Gasteiger partial charge in [-0.2, -0.15) is 0 Å². The van der Waals surface area contributed by atoms with Gasteiger partial charge in [0.1, 0.15) is 16.7 Å². The van der Waals surface area contributed by atoms with Gasteiger partial charge in [-0.1, -0.05) is 12.1 Å². The molecule has 0 radical (unpaired) electrons. The summed E-state index contributed by atoms with van der Waals surface area (Å²) in [5.74, 6) is -1.72. The van der Waals surface area contributed by atoms with Crippen molar-refractivity contribution < 1.29 is 19.1 Å². The van der Waals surface area contributed by atoms with Gasteiger partial charge in [0.15, 0.2) is 0 Å². The van der Waals surface area contributed by atoms with Crippen molar-refractivity contribution in [1.29, 1.82) is 0 Å². The summed E-state index contributed by atoms with van der Waals surface area (Å²) in [5, 5.41) is 9.73. The van der Waals surface area contributed by atoms with Crippen LogP contribution in [0.3, 0.4) is 0 Å². The van der Waals surface area contributed by atoms with Crippen LogP contribution >= 0.6 is 11.3 Å². The van der Waals surface area contributed by atoms with Crippen LogP contribution in [0.25, 0.3) is 0 Å². The number of aliphatic carboxylic acids is 1. The van der Waals surface area contributed by atoms with E-state index < -0.39 is 12.0 Å². The number of benzene rings is 1. The van der Waals surface area contributed by atoms with Gasteiger partial charge in [-0.3, -0.25) is 4.79 Å². The Labute approximate surface area is 137 Å². The molecule has 122 valence electrons. The summed E-state index contributed by atoms with van der Waals surface area (Å²) >= 11 is 1.24. The molecule has 0 fully saturated rings. The molecule has 23 heavy (non-hydrogen) atoms. The van der Waals surface area contributed by atoms with Gasteiger partial charge in [-0.15, -0.1) is 11.3 Å². The molecule has 0 aliphatic rings. The highest BCUT2D eigenvalue weighted by atomic mass is 32.1. The molecule has 0 bridgehead atoms. The number of carboxylic acids is 1. The molecule has 1 N–H and O–H groups in total. The highest BCUT2D eigenvalue weighted by Gasteiger charge is 2.26. The molecule has 1 amide bonds. The molecule has 1 aromatic carbocycles. The number of aryl methyl sites for hydroxylation is 1. The number of nitrogens with zero attached hydrogens (tertiary/aromatic N) is 2. The Hall–Kier alpha value is -2.28. The second kappa shape index (κ2) is 6.87. The quantitative estimate of drug-likeness (QED) is 0.911. The normalized spacial score (nSPS) is 12.0. The summed E-state index contributed by atoms with van der Waals surface area (Å²) in [5.41, 5.74) is 1.47. The van der Waals surface area contributed by atoms with Crippen LogP contribution in [0, 0.1) is 12.7 Å². The molecule has 5 nitrogen and oxygen atoms in total. The van der Waals surface area contributed by atoms with Crippen molar-refractivity contribution in [2.75, 3.05) is 7.05 Å². The first kappa shape index (κ1) is 17.1. The number of aromatic nitrogens is 1. The maximum atomic E-state index is 12.9. The Balaban J connectivity index is 2.19. The van der Waals surface area contributed by atoms with E-state index in [0.717, 1.165) is 10.6 Å². The topological polar surface area (TPSA) is 70.5 Å². The van der Waals surface area contributed by atoms with Crippen molar-refractivity contribution in [3.05, 3.63) is 51.2 Å². The Bertz CT molecular complexity index is 727. The van der Waals surface area contributed by atoms with Crippen LogP contribution < -0.4 is 0 Å². The number of carbonyl (C=O) groups is 2. The van der Waals surface area contributed by atoms with E-state index in [9.17, 15) is 14.0 Å². The molecule has 1 unspecified atom stereocenters. The molecule has 0 saturated heterocycles. The first-order valence-corrected chi connectivity index (χ1v) is 7.82. The van der Waals surface area contributed by atoms with Crippen molar-refractivity contribution >= 4 is 23.2 Å². The van der Waals surface area contributed by atoms with E-state index in [0.29, 0.717) is 17.0 Å². The largest absolute Gasteiger partial charge is 0.480 e. The van der Waals surface area contributed by atoms with Crippen molar-refractivity contribution in [2.24, 2.45) is 0 Å². The molecule has 1 atom stereocenters. The van der Waals surface area contributed by atoms with Gasteiger partial charge in [-0.25, -0.2) is 14.2 Å². The zero-order valence-corrected chi connectivity index (χ0v) is 13.9. The Morgan fingerprint density at radius 1 is 1.35 bits per heavy atom. The Morgan fingerprint density at radius 2 is 1.96 bits per heavy atom. The van der Waals surface area contributed by atoms with Crippen LogP contribution in [0.1, 0.15) is 32.9 Å². The average Bonchev–Trinajstić information content (AvgIpc) is 2.87. The van der Waals surface area contributed by atoms with Crippen LogP contribution in [0.2, 0.25) is 0 Å². The lowest BCUT2D eigenvalue weighted by molar-refractivity contribution is -0.141. The summed E-state index contributed by atoms with van der Waals surface area (Å²) in [6.45, 7) is 3.17. The van der Waals surface area contributed by atoms with Gasteiger partial charge in [0.25, 0.3) is 5.91 Å². The van der Waals surface area contributed by atoms with Crippen LogP contribution in [0.5, 0.6) is 0 Å². The van der Waals surface area contributed by atoms with Gasteiger partial charge in [0.05, 0.1) is 10.7 Å². The van der Waals surface area contributed by atoms with Crippen LogP contribution in [-0.4, -0.2) is 40.0 Å². The minimum Gasteiger partial charge on any atom is -0.480 e. The second-order valence-electron chi connectivity index (χ2n) is 5.26. The van der Waals surface area contributed by atoms with Crippen LogP contribution in [0.15, 0.2) is 24.3 Å². The van der Waals surface area contributed by atoms with Gasteiger partial charge in [0, 0.05) is 13.5 Å². The predicted octanol–water partition coefficient (Wildman–Crippen LogP) is 2.73. The first-order chi connectivity index (χ1) is 10.8. The molecule has 2 aromatic rings. The summed E-state index contributed by atoms with van der Waals surface area (Å²) in [4.78, 5) is 29.4. The zero-order chi connectivity index (χ0) is 17.1. The van der Waals surface area contributed by atoms with Crippen molar-refractivity contribution in [2.45, 2.75) is 26.3 Å². The summed E-state index contributed by atoms with van der Waals surface area (Å²) in [6.07, 6.45) is 0.497. The van der Waals surface area contributed by atoms with Crippen LogP contribution in [0.4, 0.5) is 4.39 Å². The molecular formula is C16H17FN2O3S. The van der Waals surface area contributed by atoms with Crippen LogP contribution in [-0.2, 0) is 11.2 Å². The van der Waals surface area contributed by atoms with Gasteiger partial charge >= 0.3 is 5.97 Å². The molecule has 2 rings (SSSR count). The van der Waals surface area contributed by atoms with Crippen molar-refractivity contribution in [1.82, 2.24) is 9.88 Å². The lowest BCUT2D eigenvalue weighted by Crippen LogP contribution is -2.40. The van der Waals surface area contributed by atoms with Crippen molar-refractivity contribution in [3.63, 3.8) is 0 Å². The lowest BCUT2D eigenvalue weighted by Gasteiger charge is -2.20. The number of thiazole rings is 1. The second-order valence-corrected chi connectivity index (χ2v) is 6.34. The smallest absolute Gasteiger partial charge is 0.326 e. The Morgan fingerprint density at radius 3 is 2.52 bits per heavy atom. The summed E-state index contributed by atoms with van der Waals surface area (Å²) in [7, 11) is 1.46. The number of rotatable bonds is 5. The number of carboxylic acid groups (broad SMARTS) is 1. The number of hydrogen-bond acceptors (Lipinski definition) is 4. The number of amides is 1. The van der Waals surface area contributed by atoms with E-state index >= 15 is 0 Å². The molecule has 1 heterocycles. The summed E-state index contributed by atoms with van der Waals surface area (Å²) in [6, 6.07) is 5.19. The van der Waals surface area contributed by atoms with Crippen molar-refractivity contribution in [3.8, 4) is 0 Å². The number of likely N-dealkylation sites (N-methyl/N-ethyl adjacent to an activating group) is 1. The van der Waals surface area contributed by atoms with E-state index in [-0.39, 0.29) is 11.7 Å². The predicted molar refractivity (Wildman–Crippen MR) is 85.2 cm³/mol.